The van der Waals surface area contributed by atoms with E-state index in [-0.39, 0.29) is 11.1 Å². The molecule has 2 atom stereocenters. The molecule has 0 unspecified atom stereocenters. The van der Waals surface area contributed by atoms with Crippen LogP contribution in [0.4, 0.5) is 0 Å². The maximum Gasteiger partial charge on any atom is 0.229 e. The number of alkyl halides is 1. The molecule has 0 N–H and O–H groups in total. The van der Waals surface area contributed by atoms with Gasteiger partial charge in [-0.15, -0.1) is 5.54 Å². The summed E-state index contributed by atoms with van der Waals surface area (Å²) < 4.78 is 7.39. The lowest BCUT2D eigenvalue weighted by atomic mass is 10.2. The Bertz CT molecular complexity index is 998. The molecule has 0 heterocycles. The minimum Gasteiger partial charge on any atom is -0.403 e. The highest BCUT2D eigenvalue weighted by Crippen LogP contribution is 2.37. The third-order valence-electron chi connectivity index (χ3n) is 6.82. The van der Waals surface area contributed by atoms with Gasteiger partial charge in [-0.1, -0.05) is 147 Å². The van der Waals surface area contributed by atoms with Crippen LogP contribution < -0.4 is 15.6 Å². The van der Waals surface area contributed by atoms with Gasteiger partial charge in [-0.25, -0.2) is 0 Å². The molecule has 3 rings (SSSR count). The Hall–Kier alpha value is -1.66. The van der Waals surface area contributed by atoms with E-state index in [0.717, 1.165) is 6.42 Å². The summed E-state index contributed by atoms with van der Waals surface area (Å²) in [5.41, 5.74) is 3.94. The van der Waals surface area contributed by atoms with Gasteiger partial charge in [-0.05, 0) is 40.1 Å². The Balaban J connectivity index is 2.23. The summed E-state index contributed by atoms with van der Waals surface area (Å²) >= 11 is 2.50. The molecule has 0 aliphatic carbocycles. The predicted octanol–water partition coefficient (Wildman–Crippen LogP) is 6.30. The van der Waals surface area contributed by atoms with Crippen LogP contribution in [0.25, 0.3) is 0 Å². The van der Waals surface area contributed by atoms with Crippen molar-refractivity contribution < 1.29 is 4.43 Å². The second-order valence-corrected chi connectivity index (χ2v) is 20.9. The fourth-order valence-corrected chi connectivity index (χ4v) is 9.50. The number of hydrogen-bond acceptors (Lipinski definition) is 1. The topological polar surface area (TPSA) is 9.23 Å². The lowest BCUT2D eigenvalue weighted by Gasteiger charge is -2.38. The standard InChI is InChI=1S/C30H37IOSi2/c1-25(31)24-26(32-33(5,6)30(2,3)4)22-23-34(27-16-10-7-11-17-27,28-18-12-8-13-19-28)29-20-14-9-15-21-29/h7-21,25-26H,24H2,1-6H3/t25-,26-/m0/s1. The zero-order chi connectivity index (χ0) is 24.8. The van der Waals surface area contributed by atoms with Crippen molar-refractivity contribution >= 4 is 54.5 Å². The molecule has 0 spiro atoms. The van der Waals surface area contributed by atoms with E-state index in [2.05, 4.69) is 166 Å². The van der Waals surface area contributed by atoms with Gasteiger partial charge in [-0.2, -0.15) is 0 Å². The van der Waals surface area contributed by atoms with E-state index in [0.29, 0.717) is 3.92 Å². The Kier molecular flexibility index (Phi) is 9.02. The molecule has 34 heavy (non-hydrogen) atoms. The summed E-state index contributed by atoms with van der Waals surface area (Å²) in [5, 5.41) is 4.09. The molecular formula is C30H37IOSi2. The van der Waals surface area contributed by atoms with Gasteiger partial charge >= 0.3 is 0 Å². The monoisotopic (exact) mass is 596 g/mol. The Labute approximate surface area is 222 Å². The molecule has 4 heteroatoms. The Morgan fingerprint density at radius 1 is 0.765 bits per heavy atom. The molecule has 0 aromatic heterocycles. The van der Waals surface area contributed by atoms with E-state index in [1.807, 2.05) is 0 Å². The first-order chi connectivity index (χ1) is 16.1. The minimum absolute atomic E-state index is 0.0733. The fourth-order valence-electron chi connectivity index (χ4n) is 3.93. The second-order valence-electron chi connectivity index (χ2n) is 10.5. The summed E-state index contributed by atoms with van der Waals surface area (Å²) in [6, 6.07) is 32.6. The normalized spacial score (nSPS) is 14.1. The van der Waals surface area contributed by atoms with E-state index in [1.54, 1.807) is 0 Å². The molecule has 0 aliphatic rings. The van der Waals surface area contributed by atoms with Crippen LogP contribution in [0.15, 0.2) is 91.0 Å². The van der Waals surface area contributed by atoms with Gasteiger partial charge in [0.25, 0.3) is 0 Å². The van der Waals surface area contributed by atoms with Crippen LogP contribution in [0, 0.1) is 11.5 Å². The molecule has 0 bridgehead atoms. The van der Waals surface area contributed by atoms with Crippen LogP contribution in [-0.4, -0.2) is 26.4 Å². The third kappa shape index (κ3) is 6.31. The van der Waals surface area contributed by atoms with Gasteiger partial charge in [0.05, 0.1) is 0 Å². The van der Waals surface area contributed by atoms with Crippen LogP contribution >= 0.6 is 22.6 Å². The molecule has 3 aromatic carbocycles. The molecule has 0 saturated heterocycles. The zero-order valence-electron chi connectivity index (χ0n) is 21.3. The average Bonchev–Trinajstić information content (AvgIpc) is 2.80. The van der Waals surface area contributed by atoms with Crippen LogP contribution in [-0.2, 0) is 4.43 Å². The summed E-state index contributed by atoms with van der Waals surface area (Å²) in [4.78, 5) is 0. The van der Waals surface area contributed by atoms with Gasteiger partial charge in [0, 0.05) is 3.92 Å². The maximum absolute atomic E-state index is 6.90. The van der Waals surface area contributed by atoms with Crippen molar-refractivity contribution in [2.45, 2.75) is 62.3 Å². The fraction of sp³-hybridized carbons (Fsp3) is 0.333. The van der Waals surface area contributed by atoms with Crippen molar-refractivity contribution in [2.24, 2.45) is 0 Å². The van der Waals surface area contributed by atoms with E-state index in [4.69, 9.17) is 4.43 Å². The number of benzene rings is 3. The molecule has 0 saturated carbocycles. The summed E-state index contributed by atoms with van der Waals surface area (Å²) in [5.74, 6) is 3.74. The zero-order valence-corrected chi connectivity index (χ0v) is 25.5. The van der Waals surface area contributed by atoms with Crippen molar-refractivity contribution in [1.82, 2.24) is 0 Å². The lowest BCUT2D eigenvalue weighted by Crippen LogP contribution is -2.66. The molecule has 0 amide bonds. The van der Waals surface area contributed by atoms with E-state index in [9.17, 15) is 0 Å². The molecule has 3 aromatic rings. The largest absolute Gasteiger partial charge is 0.403 e. The van der Waals surface area contributed by atoms with E-state index in [1.165, 1.54) is 15.6 Å². The van der Waals surface area contributed by atoms with Crippen molar-refractivity contribution in [3.8, 4) is 11.5 Å². The molecular weight excluding hydrogens is 559 g/mol. The summed E-state index contributed by atoms with van der Waals surface area (Å²) in [6.45, 7) is 13.8. The van der Waals surface area contributed by atoms with Crippen LogP contribution in [0.1, 0.15) is 34.1 Å². The van der Waals surface area contributed by atoms with Gasteiger partial charge in [0.1, 0.15) is 6.10 Å². The average molecular weight is 597 g/mol. The highest BCUT2D eigenvalue weighted by molar-refractivity contribution is 14.1. The van der Waals surface area contributed by atoms with E-state index < -0.39 is 16.4 Å². The highest BCUT2D eigenvalue weighted by atomic mass is 127. The number of hydrogen-bond donors (Lipinski definition) is 0. The van der Waals surface area contributed by atoms with Gasteiger partial charge in [0.2, 0.25) is 8.07 Å². The van der Waals surface area contributed by atoms with Crippen LogP contribution in [0.3, 0.4) is 0 Å². The molecule has 1 nitrogen and oxygen atoms in total. The second kappa shape index (κ2) is 11.4. The quantitative estimate of drug-likeness (QED) is 0.102. The minimum atomic E-state index is -2.59. The van der Waals surface area contributed by atoms with Gasteiger partial charge < -0.3 is 4.43 Å². The molecule has 0 fully saturated rings. The van der Waals surface area contributed by atoms with Gasteiger partial charge in [0.15, 0.2) is 8.32 Å². The van der Waals surface area contributed by atoms with Crippen LogP contribution in [0.5, 0.6) is 0 Å². The molecule has 0 radical (unpaired) electrons. The first-order valence-corrected chi connectivity index (χ1v) is 18.2. The predicted molar refractivity (Wildman–Crippen MR) is 162 cm³/mol. The molecule has 178 valence electrons. The number of rotatable bonds is 7. The Morgan fingerprint density at radius 2 is 1.15 bits per heavy atom. The smallest absolute Gasteiger partial charge is 0.229 e. The van der Waals surface area contributed by atoms with Crippen molar-refractivity contribution in [3.05, 3.63) is 91.0 Å². The van der Waals surface area contributed by atoms with Gasteiger partial charge in [-0.3, -0.25) is 0 Å². The summed E-state index contributed by atoms with van der Waals surface area (Å²) in [6.07, 6.45) is 0.860. The lowest BCUT2D eigenvalue weighted by molar-refractivity contribution is 0.225. The Morgan fingerprint density at radius 3 is 1.47 bits per heavy atom. The maximum atomic E-state index is 6.90. The van der Waals surface area contributed by atoms with Crippen molar-refractivity contribution in [3.63, 3.8) is 0 Å². The van der Waals surface area contributed by atoms with Crippen molar-refractivity contribution in [1.29, 1.82) is 0 Å². The number of halogens is 1. The van der Waals surface area contributed by atoms with E-state index >= 15 is 0 Å². The highest BCUT2D eigenvalue weighted by Gasteiger charge is 2.41. The first-order valence-electron chi connectivity index (χ1n) is 12.1. The first kappa shape index (κ1) is 26.9. The van der Waals surface area contributed by atoms with Crippen LogP contribution in [0.2, 0.25) is 18.1 Å². The molecule has 0 aliphatic heterocycles. The van der Waals surface area contributed by atoms with Crippen molar-refractivity contribution in [2.75, 3.05) is 0 Å². The summed E-state index contributed by atoms with van der Waals surface area (Å²) in [7, 11) is -4.55. The third-order valence-corrected chi connectivity index (χ3v) is 15.9. The SMILES string of the molecule is C[C@H](I)C[C@H](C#C[Si](c1ccccc1)(c1ccccc1)c1ccccc1)O[Si](C)(C)C(C)(C)C.